The van der Waals surface area contributed by atoms with Gasteiger partial charge in [0.25, 0.3) is 0 Å². The summed E-state index contributed by atoms with van der Waals surface area (Å²) < 4.78 is 7.73. The third kappa shape index (κ3) is 2.65. The molecule has 4 heteroatoms. The third-order valence-corrected chi connectivity index (χ3v) is 3.37. The lowest BCUT2D eigenvalue weighted by molar-refractivity contribution is 0.101. The number of hydrogen-bond donors (Lipinski definition) is 0. The first kappa shape index (κ1) is 13.4. The number of para-hydroxylation sites is 1. The van der Waals surface area contributed by atoms with Crippen molar-refractivity contribution in [2.24, 2.45) is 0 Å². The number of ether oxygens (including phenoxy) is 1. The Hall–Kier alpha value is -2.62. The Labute approximate surface area is 123 Å². The highest BCUT2D eigenvalue weighted by Gasteiger charge is 2.09. The van der Waals surface area contributed by atoms with Gasteiger partial charge >= 0.3 is 0 Å². The molecule has 0 spiro atoms. The third-order valence-electron chi connectivity index (χ3n) is 3.37. The first-order chi connectivity index (χ1) is 10.1. The average Bonchev–Trinajstić information content (AvgIpc) is 2.90. The maximum Gasteiger partial charge on any atom is 0.163 e. The highest BCUT2D eigenvalue weighted by molar-refractivity contribution is 5.96. The predicted molar refractivity (Wildman–Crippen MR) is 80.7 cm³/mol. The Balaban J connectivity index is 1.84. The van der Waals surface area contributed by atoms with Crippen LogP contribution < -0.4 is 4.74 Å². The second-order valence-electron chi connectivity index (χ2n) is 5.00. The Kier molecular flexibility index (Phi) is 3.44. The summed E-state index contributed by atoms with van der Waals surface area (Å²) in [5.74, 6) is 0.593. The van der Waals surface area contributed by atoms with Crippen LogP contribution in [0.5, 0.6) is 5.75 Å². The molecule has 0 radical (unpaired) electrons. The van der Waals surface area contributed by atoms with Crippen molar-refractivity contribution in [3.05, 3.63) is 65.6 Å². The highest BCUT2D eigenvalue weighted by Crippen LogP contribution is 2.20. The molecule has 0 saturated carbocycles. The standard InChI is InChI=1S/C17H16N2O2/c1-12-6-5-9-19-10-14(18-17(12)19)11-21-16-8-4-3-7-15(16)13(2)20/h3-10H,11H2,1-2H3. The van der Waals surface area contributed by atoms with Gasteiger partial charge in [-0.2, -0.15) is 0 Å². The first-order valence-corrected chi connectivity index (χ1v) is 6.81. The number of aromatic nitrogens is 2. The molecule has 21 heavy (non-hydrogen) atoms. The second-order valence-corrected chi connectivity index (χ2v) is 5.00. The zero-order valence-corrected chi connectivity index (χ0v) is 12.0. The number of carbonyl (C=O) groups excluding carboxylic acids is 1. The number of hydrogen-bond acceptors (Lipinski definition) is 3. The zero-order chi connectivity index (χ0) is 14.8. The van der Waals surface area contributed by atoms with Crippen LogP contribution in [0.1, 0.15) is 28.5 Å². The molecule has 0 saturated heterocycles. The topological polar surface area (TPSA) is 43.6 Å². The maximum atomic E-state index is 11.6. The molecule has 0 aliphatic heterocycles. The summed E-state index contributed by atoms with van der Waals surface area (Å²) in [6, 6.07) is 11.3. The molecule has 0 fully saturated rings. The van der Waals surface area contributed by atoms with E-state index >= 15 is 0 Å². The SMILES string of the molecule is CC(=O)c1ccccc1OCc1cn2cccc(C)c2n1. The molecular weight excluding hydrogens is 264 g/mol. The second kappa shape index (κ2) is 5.40. The lowest BCUT2D eigenvalue weighted by Crippen LogP contribution is -2.01. The van der Waals surface area contributed by atoms with Gasteiger partial charge in [-0.05, 0) is 37.6 Å². The number of rotatable bonds is 4. The van der Waals surface area contributed by atoms with E-state index in [0.717, 1.165) is 16.9 Å². The molecule has 0 atom stereocenters. The van der Waals surface area contributed by atoms with Crippen LogP contribution in [0.4, 0.5) is 0 Å². The zero-order valence-electron chi connectivity index (χ0n) is 12.0. The van der Waals surface area contributed by atoms with Crippen molar-refractivity contribution in [1.82, 2.24) is 9.38 Å². The predicted octanol–water partition coefficient (Wildman–Crippen LogP) is 3.42. The van der Waals surface area contributed by atoms with E-state index in [9.17, 15) is 4.79 Å². The maximum absolute atomic E-state index is 11.6. The minimum atomic E-state index is -0.00329. The molecule has 1 aromatic carbocycles. The van der Waals surface area contributed by atoms with Crippen molar-refractivity contribution in [3.8, 4) is 5.75 Å². The van der Waals surface area contributed by atoms with E-state index in [1.54, 1.807) is 12.1 Å². The van der Waals surface area contributed by atoms with Crippen LogP contribution in [0.15, 0.2) is 48.8 Å². The fourth-order valence-electron chi connectivity index (χ4n) is 2.31. The molecule has 2 heterocycles. The number of carbonyl (C=O) groups is 1. The normalized spacial score (nSPS) is 10.8. The number of ketones is 1. The number of nitrogens with zero attached hydrogens (tertiary/aromatic N) is 2. The van der Waals surface area contributed by atoms with Crippen molar-refractivity contribution in [1.29, 1.82) is 0 Å². The molecule has 3 rings (SSSR count). The molecule has 2 aromatic heterocycles. The smallest absolute Gasteiger partial charge is 0.163 e. The summed E-state index contributed by atoms with van der Waals surface area (Å²) in [5.41, 5.74) is 3.48. The minimum Gasteiger partial charge on any atom is -0.486 e. The van der Waals surface area contributed by atoms with Gasteiger partial charge in [0, 0.05) is 12.4 Å². The van der Waals surface area contributed by atoms with Crippen molar-refractivity contribution in [3.63, 3.8) is 0 Å². The van der Waals surface area contributed by atoms with Crippen molar-refractivity contribution in [2.75, 3.05) is 0 Å². The molecular formula is C17H16N2O2. The molecule has 3 aromatic rings. The fraction of sp³-hybridized carbons (Fsp3) is 0.176. The largest absolute Gasteiger partial charge is 0.486 e. The Morgan fingerprint density at radius 2 is 2.05 bits per heavy atom. The van der Waals surface area contributed by atoms with Gasteiger partial charge in [-0.1, -0.05) is 18.2 Å². The van der Waals surface area contributed by atoms with Gasteiger partial charge in [-0.15, -0.1) is 0 Å². The van der Waals surface area contributed by atoms with Gasteiger partial charge in [0.2, 0.25) is 0 Å². The summed E-state index contributed by atoms with van der Waals surface area (Å²) in [4.78, 5) is 16.1. The lowest BCUT2D eigenvalue weighted by atomic mass is 10.1. The lowest BCUT2D eigenvalue weighted by Gasteiger charge is -2.07. The quantitative estimate of drug-likeness (QED) is 0.688. The van der Waals surface area contributed by atoms with Crippen LogP contribution in [0.3, 0.4) is 0 Å². The van der Waals surface area contributed by atoms with Crippen LogP contribution in [-0.4, -0.2) is 15.2 Å². The van der Waals surface area contributed by atoms with Crippen LogP contribution in [0.2, 0.25) is 0 Å². The number of fused-ring (bicyclic) bond motifs is 1. The summed E-state index contributed by atoms with van der Waals surface area (Å²) in [6.45, 7) is 3.90. The molecule has 4 nitrogen and oxygen atoms in total. The Morgan fingerprint density at radius 1 is 1.24 bits per heavy atom. The summed E-state index contributed by atoms with van der Waals surface area (Å²) >= 11 is 0. The van der Waals surface area contributed by atoms with E-state index in [-0.39, 0.29) is 5.78 Å². The highest BCUT2D eigenvalue weighted by atomic mass is 16.5. The van der Waals surface area contributed by atoms with Gasteiger partial charge in [-0.25, -0.2) is 4.98 Å². The fourth-order valence-corrected chi connectivity index (χ4v) is 2.31. The summed E-state index contributed by atoms with van der Waals surface area (Å²) in [6.07, 6.45) is 3.90. The van der Waals surface area contributed by atoms with E-state index in [1.165, 1.54) is 6.92 Å². The summed E-state index contributed by atoms with van der Waals surface area (Å²) in [5, 5.41) is 0. The number of Topliss-reactive ketones (excluding diaryl/α,β-unsaturated/α-hetero) is 1. The minimum absolute atomic E-state index is 0.00329. The van der Waals surface area contributed by atoms with Gasteiger partial charge in [0.1, 0.15) is 18.0 Å². The Morgan fingerprint density at radius 3 is 2.81 bits per heavy atom. The molecule has 0 amide bonds. The number of imidazole rings is 1. The first-order valence-electron chi connectivity index (χ1n) is 6.81. The van der Waals surface area contributed by atoms with E-state index in [2.05, 4.69) is 4.98 Å². The number of pyridine rings is 1. The van der Waals surface area contributed by atoms with E-state index < -0.39 is 0 Å². The van der Waals surface area contributed by atoms with E-state index in [4.69, 9.17) is 4.74 Å². The van der Waals surface area contributed by atoms with Gasteiger partial charge in [0.05, 0.1) is 11.3 Å². The van der Waals surface area contributed by atoms with Crippen molar-refractivity contribution < 1.29 is 9.53 Å². The molecule has 0 bridgehead atoms. The van der Waals surface area contributed by atoms with Crippen LogP contribution >= 0.6 is 0 Å². The van der Waals surface area contributed by atoms with Crippen LogP contribution in [-0.2, 0) is 6.61 Å². The van der Waals surface area contributed by atoms with Crippen molar-refractivity contribution >= 4 is 11.4 Å². The monoisotopic (exact) mass is 280 g/mol. The van der Waals surface area contributed by atoms with Gasteiger partial charge in [-0.3, -0.25) is 4.79 Å². The molecule has 0 unspecified atom stereocenters. The van der Waals surface area contributed by atoms with Gasteiger partial charge in [0.15, 0.2) is 5.78 Å². The number of aryl methyl sites for hydroxylation is 1. The number of benzene rings is 1. The molecule has 106 valence electrons. The van der Waals surface area contributed by atoms with Gasteiger partial charge < -0.3 is 9.14 Å². The van der Waals surface area contributed by atoms with E-state index in [1.807, 2.05) is 48.0 Å². The average molecular weight is 280 g/mol. The van der Waals surface area contributed by atoms with E-state index in [0.29, 0.717) is 17.9 Å². The van der Waals surface area contributed by atoms with Crippen LogP contribution in [0.25, 0.3) is 5.65 Å². The molecule has 0 aliphatic rings. The van der Waals surface area contributed by atoms with Crippen LogP contribution in [0, 0.1) is 6.92 Å². The molecule has 0 aliphatic carbocycles. The summed E-state index contributed by atoms with van der Waals surface area (Å²) in [7, 11) is 0. The Bertz CT molecular complexity index is 805. The van der Waals surface area contributed by atoms with Crippen molar-refractivity contribution in [2.45, 2.75) is 20.5 Å². The molecule has 0 N–H and O–H groups in total.